The average Bonchev–Trinajstić information content (AvgIpc) is 2.15. The summed E-state index contributed by atoms with van der Waals surface area (Å²) in [5, 5.41) is 0. The van der Waals surface area contributed by atoms with Gasteiger partial charge in [-0.15, -0.1) is 0 Å². The van der Waals surface area contributed by atoms with Gasteiger partial charge in [0.25, 0.3) is 0 Å². The molecule has 1 saturated carbocycles. The van der Waals surface area contributed by atoms with E-state index in [-0.39, 0.29) is 0 Å². The van der Waals surface area contributed by atoms with E-state index < -0.39 is 0 Å². The van der Waals surface area contributed by atoms with Crippen LogP contribution in [0.1, 0.15) is 31.2 Å². The van der Waals surface area contributed by atoms with Crippen molar-refractivity contribution in [1.29, 1.82) is 0 Å². The van der Waals surface area contributed by atoms with E-state index in [1.165, 1.54) is 36.9 Å². The van der Waals surface area contributed by atoms with E-state index in [0.717, 1.165) is 18.2 Å². The molecule has 16 heavy (non-hydrogen) atoms. The van der Waals surface area contributed by atoms with Crippen molar-refractivity contribution < 1.29 is 0 Å². The molecule has 0 spiro atoms. The minimum atomic E-state index is 0.899. The maximum atomic E-state index is 6.03. The van der Waals surface area contributed by atoms with Gasteiger partial charge in [-0.1, -0.05) is 31.4 Å². The summed E-state index contributed by atoms with van der Waals surface area (Å²) in [7, 11) is 2.15. The number of para-hydroxylation sites is 1. The van der Waals surface area contributed by atoms with E-state index in [0.29, 0.717) is 0 Å². The largest absolute Gasteiger partial charge is 0.397 e. The standard InChI is InChI=1S/C14H22N2/c1-11-5-3-8-13(15)14(11)16(2)10-9-12-6-4-7-12/h3,5,8,12H,4,6-7,9-10,15H2,1-2H3. The second-order valence-electron chi connectivity index (χ2n) is 5.02. The summed E-state index contributed by atoms with van der Waals surface area (Å²) in [6, 6.07) is 6.14. The molecule has 0 bridgehead atoms. The average molecular weight is 218 g/mol. The Morgan fingerprint density at radius 2 is 2.12 bits per heavy atom. The fourth-order valence-electron chi connectivity index (χ4n) is 2.47. The highest BCUT2D eigenvalue weighted by atomic mass is 15.1. The van der Waals surface area contributed by atoms with E-state index in [1.54, 1.807) is 0 Å². The topological polar surface area (TPSA) is 29.3 Å². The predicted molar refractivity (Wildman–Crippen MR) is 70.8 cm³/mol. The summed E-state index contributed by atoms with van der Waals surface area (Å²) in [6.07, 6.45) is 5.60. The van der Waals surface area contributed by atoms with E-state index >= 15 is 0 Å². The molecule has 0 heterocycles. The number of hydrogen-bond acceptors (Lipinski definition) is 2. The Morgan fingerprint density at radius 3 is 2.69 bits per heavy atom. The van der Waals surface area contributed by atoms with Gasteiger partial charge in [-0.25, -0.2) is 0 Å². The van der Waals surface area contributed by atoms with Crippen LogP contribution in [0.15, 0.2) is 18.2 Å². The van der Waals surface area contributed by atoms with Crippen molar-refractivity contribution in [2.45, 2.75) is 32.6 Å². The number of benzene rings is 1. The highest BCUT2D eigenvalue weighted by Crippen LogP contribution is 2.31. The lowest BCUT2D eigenvalue weighted by Gasteiger charge is -2.29. The van der Waals surface area contributed by atoms with Gasteiger partial charge in [0, 0.05) is 13.6 Å². The molecular weight excluding hydrogens is 196 g/mol. The summed E-state index contributed by atoms with van der Waals surface area (Å²) in [6.45, 7) is 3.26. The van der Waals surface area contributed by atoms with Gasteiger partial charge in [-0.2, -0.15) is 0 Å². The highest BCUT2D eigenvalue weighted by molar-refractivity contribution is 5.70. The molecule has 2 nitrogen and oxygen atoms in total. The van der Waals surface area contributed by atoms with Crippen LogP contribution in [0.25, 0.3) is 0 Å². The number of rotatable bonds is 4. The lowest BCUT2D eigenvalue weighted by Crippen LogP contribution is -2.24. The molecule has 2 N–H and O–H groups in total. The van der Waals surface area contributed by atoms with Gasteiger partial charge in [-0.05, 0) is 30.9 Å². The minimum absolute atomic E-state index is 0.899. The first-order valence-corrected chi connectivity index (χ1v) is 6.24. The smallest absolute Gasteiger partial charge is 0.0627 e. The molecule has 1 aliphatic rings. The van der Waals surface area contributed by atoms with Crippen molar-refractivity contribution >= 4 is 11.4 Å². The zero-order valence-corrected chi connectivity index (χ0v) is 10.4. The third-order valence-corrected chi connectivity index (χ3v) is 3.75. The summed E-state index contributed by atoms with van der Waals surface area (Å²) < 4.78 is 0. The summed E-state index contributed by atoms with van der Waals surface area (Å²) in [5.74, 6) is 0.965. The number of nitrogens with zero attached hydrogens (tertiary/aromatic N) is 1. The van der Waals surface area contributed by atoms with E-state index in [4.69, 9.17) is 5.73 Å². The number of nitrogens with two attached hydrogens (primary N) is 1. The zero-order chi connectivity index (χ0) is 11.5. The fraction of sp³-hybridized carbons (Fsp3) is 0.571. The van der Waals surface area contributed by atoms with Gasteiger partial charge >= 0.3 is 0 Å². The van der Waals surface area contributed by atoms with E-state index in [1.807, 2.05) is 12.1 Å². The van der Waals surface area contributed by atoms with Crippen LogP contribution in [-0.2, 0) is 0 Å². The molecule has 0 atom stereocenters. The van der Waals surface area contributed by atoms with Gasteiger partial charge in [-0.3, -0.25) is 0 Å². The molecule has 0 saturated heterocycles. The van der Waals surface area contributed by atoms with Crippen LogP contribution in [-0.4, -0.2) is 13.6 Å². The van der Waals surface area contributed by atoms with E-state index in [2.05, 4.69) is 24.9 Å². The molecule has 2 heteroatoms. The van der Waals surface area contributed by atoms with Gasteiger partial charge < -0.3 is 10.6 Å². The van der Waals surface area contributed by atoms with E-state index in [9.17, 15) is 0 Å². The summed E-state index contributed by atoms with van der Waals surface area (Å²) in [5.41, 5.74) is 9.42. The molecule has 1 aromatic rings. The molecule has 1 aliphatic carbocycles. The molecule has 0 aliphatic heterocycles. The Morgan fingerprint density at radius 1 is 1.38 bits per heavy atom. The Balaban J connectivity index is 1.98. The Hall–Kier alpha value is -1.18. The molecule has 88 valence electrons. The monoisotopic (exact) mass is 218 g/mol. The summed E-state index contributed by atoms with van der Waals surface area (Å²) in [4.78, 5) is 2.31. The van der Waals surface area contributed by atoms with Crippen molar-refractivity contribution in [3.05, 3.63) is 23.8 Å². The van der Waals surface area contributed by atoms with Crippen molar-refractivity contribution in [3.63, 3.8) is 0 Å². The molecule has 1 aromatic carbocycles. The first kappa shape index (κ1) is 11.3. The number of nitrogen functional groups attached to an aromatic ring is 1. The third kappa shape index (κ3) is 2.31. The number of aryl methyl sites for hydroxylation is 1. The first-order valence-electron chi connectivity index (χ1n) is 6.24. The van der Waals surface area contributed by atoms with Gasteiger partial charge in [0.1, 0.15) is 0 Å². The molecule has 1 fully saturated rings. The van der Waals surface area contributed by atoms with Gasteiger partial charge in [0.2, 0.25) is 0 Å². The van der Waals surface area contributed by atoms with Crippen LogP contribution >= 0.6 is 0 Å². The lowest BCUT2D eigenvalue weighted by molar-refractivity contribution is 0.299. The van der Waals surface area contributed by atoms with Gasteiger partial charge in [0.15, 0.2) is 0 Å². The quantitative estimate of drug-likeness (QED) is 0.786. The maximum absolute atomic E-state index is 6.03. The maximum Gasteiger partial charge on any atom is 0.0627 e. The van der Waals surface area contributed by atoms with Crippen molar-refractivity contribution in [1.82, 2.24) is 0 Å². The molecule has 2 rings (SSSR count). The third-order valence-electron chi connectivity index (χ3n) is 3.75. The fourth-order valence-corrected chi connectivity index (χ4v) is 2.47. The van der Waals surface area contributed by atoms with Crippen molar-refractivity contribution in [2.75, 3.05) is 24.2 Å². The molecule has 0 radical (unpaired) electrons. The van der Waals surface area contributed by atoms with Crippen LogP contribution in [0.5, 0.6) is 0 Å². The second kappa shape index (κ2) is 4.77. The van der Waals surface area contributed by atoms with Crippen LogP contribution in [0.2, 0.25) is 0 Å². The molecular formula is C14H22N2. The molecule has 0 aromatic heterocycles. The van der Waals surface area contributed by atoms with Crippen LogP contribution < -0.4 is 10.6 Å². The normalized spacial score (nSPS) is 15.9. The Labute approximate surface area is 98.4 Å². The SMILES string of the molecule is Cc1cccc(N)c1N(C)CCC1CCC1. The second-order valence-corrected chi connectivity index (χ2v) is 5.02. The van der Waals surface area contributed by atoms with Crippen LogP contribution in [0, 0.1) is 12.8 Å². The van der Waals surface area contributed by atoms with Crippen LogP contribution in [0.3, 0.4) is 0 Å². The Bertz CT molecular complexity index is 336. The number of anilines is 2. The minimum Gasteiger partial charge on any atom is -0.397 e. The highest BCUT2D eigenvalue weighted by Gasteiger charge is 2.18. The van der Waals surface area contributed by atoms with Crippen LogP contribution in [0.4, 0.5) is 11.4 Å². The number of hydrogen-bond donors (Lipinski definition) is 1. The summed E-state index contributed by atoms with van der Waals surface area (Å²) >= 11 is 0. The predicted octanol–water partition coefficient (Wildman–Crippen LogP) is 3.20. The first-order chi connectivity index (χ1) is 7.68. The van der Waals surface area contributed by atoms with Gasteiger partial charge in [0.05, 0.1) is 11.4 Å². The molecule has 0 unspecified atom stereocenters. The zero-order valence-electron chi connectivity index (χ0n) is 10.4. The lowest BCUT2D eigenvalue weighted by atomic mass is 9.83. The Kier molecular flexibility index (Phi) is 3.37. The van der Waals surface area contributed by atoms with Crippen molar-refractivity contribution in [2.24, 2.45) is 5.92 Å². The molecule has 0 amide bonds. The van der Waals surface area contributed by atoms with Crippen molar-refractivity contribution in [3.8, 4) is 0 Å².